The van der Waals surface area contributed by atoms with Crippen LogP contribution in [0.3, 0.4) is 0 Å². The van der Waals surface area contributed by atoms with E-state index in [0.717, 1.165) is 77.0 Å². The maximum absolute atomic E-state index is 13.0. The Labute approximate surface area is 434 Å². The minimum absolute atomic E-state index is 0.0301. The Bertz CT molecular complexity index is 1420. The molecule has 12 nitrogen and oxygen atoms in total. The molecule has 416 valence electrons. The topological polar surface area (TPSA) is 178 Å². The predicted octanol–water partition coefficient (Wildman–Crippen LogP) is 14.3. The Morgan fingerprint density at radius 2 is 0.972 bits per heavy atom. The zero-order valence-corrected chi connectivity index (χ0v) is 45.9. The number of carbonyl (C=O) groups excluding carboxylic acids is 1. The fourth-order valence-electron chi connectivity index (χ4n) is 8.90. The van der Waals surface area contributed by atoms with E-state index in [0.29, 0.717) is 13.0 Å². The molecule has 0 aromatic carbocycles. The lowest BCUT2D eigenvalue weighted by atomic mass is 9.99. The number of hydrogen-bond acceptors (Lipinski definition) is 11. The Morgan fingerprint density at radius 1 is 0.549 bits per heavy atom. The standard InChI is InChI=1S/C58H106O12S/c1-3-5-7-9-11-13-15-17-19-21-23-25-26-27-28-29-31-33-35-37-39-41-43-45-47-54(60)68-52(51-67-58-56(62)57(70-71(63,64)65)55(61)53(49-59)69-58)50-66-48-46-44-42-40-38-36-34-32-30-24-22-20-18-16-14-12-10-8-6-4-2/h6,8,12,14,18,20,24,30,52-53,55-59,61-62H,3-5,7,9-11,13,15-17,19,21-23,25-29,31-51H2,1-2H3,(H,63,64,65)/b8-6-,14-12-,20-18-,30-24-. The minimum atomic E-state index is -5.07. The molecule has 1 aliphatic rings. The van der Waals surface area contributed by atoms with Crippen molar-refractivity contribution in [3.63, 3.8) is 0 Å². The molecule has 1 rings (SSSR count). The molecule has 4 N–H and O–H groups in total. The number of rotatable bonds is 51. The van der Waals surface area contributed by atoms with Crippen LogP contribution in [0.15, 0.2) is 48.6 Å². The van der Waals surface area contributed by atoms with Crippen LogP contribution >= 0.6 is 0 Å². The van der Waals surface area contributed by atoms with Crippen LogP contribution in [-0.4, -0.2) is 97.5 Å². The molecule has 6 atom stereocenters. The van der Waals surface area contributed by atoms with Crippen molar-refractivity contribution in [1.82, 2.24) is 0 Å². The van der Waals surface area contributed by atoms with E-state index in [2.05, 4.69) is 66.6 Å². The number of carbonyl (C=O) groups is 1. The van der Waals surface area contributed by atoms with Gasteiger partial charge in [0.05, 0.1) is 19.8 Å². The van der Waals surface area contributed by atoms with Gasteiger partial charge in [0.15, 0.2) is 6.29 Å². The SMILES string of the molecule is CC/C=C\C/C=C\C/C=C\C/C=C\CCCCCCCCCOCC(COC1OC(CO)C(O)C(OS(=O)(=O)O)C1O)OC(=O)CCCCCCCCCCCCCCCCCCCCCCCCCC. The quantitative estimate of drug-likeness (QED) is 0.0196. The molecule has 1 aliphatic heterocycles. The summed E-state index contributed by atoms with van der Waals surface area (Å²) in [6.45, 7) is 3.90. The summed E-state index contributed by atoms with van der Waals surface area (Å²) >= 11 is 0. The zero-order valence-electron chi connectivity index (χ0n) is 45.0. The van der Waals surface area contributed by atoms with Crippen LogP contribution in [0.4, 0.5) is 0 Å². The molecule has 0 aromatic heterocycles. The number of ether oxygens (including phenoxy) is 4. The van der Waals surface area contributed by atoms with Gasteiger partial charge in [-0.1, -0.05) is 242 Å². The number of aliphatic hydroxyl groups excluding tert-OH is 3. The van der Waals surface area contributed by atoms with Crippen molar-refractivity contribution in [3.8, 4) is 0 Å². The maximum atomic E-state index is 13.0. The first kappa shape index (κ1) is 67.1. The summed E-state index contributed by atoms with van der Waals surface area (Å²) in [4.78, 5) is 13.0. The molecule has 1 heterocycles. The molecule has 0 amide bonds. The second kappa shape index (κ2) is 49.0. The summed E-state index contributed by atoms with van der Waals surface area (Å²) in [6.07, 6.45) is 52.9. The van der Waals surface area contributed by atoms with Crippen LogP contribution in [0.2, 0.25) is 0 Å². The molecular weight excluding hydrogens is 921 g/mol. The fourth-order valence-corrected chi connectivity index (χ4v) is 9.41. The van der Waals surface area contributed by atoms with E-state index in [1.165, 1.54) is 148 Å². The smallest absolute Gasteiger partial charge is 0.397 e. The minimum Gasteiger partial charge on any atom is -0.457 e. The molecule has 1 fully saturated rings. The Kier molecular flexibility index (Phi) is 46.3. The third-order valence-corrected chi connectivity index (χ3v) is 13.7. The average Bonchev–Trinajstić information content (AvgIpc) is 3.35. The van der Waals surface area contributed by atoms with Gasteiger partial charge in [-0.3, -0.25) is 9.35 Å². The van der Waals surface area contributed by atoms with Gasteiger partial charge in [0.1, 0.15) is 30.5 Å². The highest BCUT2D eigenvalue weighted by molar-refractivity contribution is 7.80. The second-order valence-electron chi connectivity index (χ2n) is 19.9. The monoisotopic (exact) mass is 1030 g/mol. The van der Waals surface area contributed by atoms with Gasteiger partial charge in [-0.2, -0.15) is 8.42 Å². The normalized spacial score (nSPS) is 19.3. The molecule has 13 heteroatoms. The lowest BCUT2D eigenvalue weighted by Gasteiger charge is -2.41. The summed E-state index contributed by atoms with van der Waals surface area (Å²) in [5, 5.41) is 30.8. The number of unbranched alkanes of at least 4 members (excludes halogenated alkanes) is 30. The first-order valence-corrected chi connectivity index (χ1v) is 30.3. The zero-order chi connectivity index (χ0) is 51.7. The fraction of sp³-hybridized carbons (Fsp3) is 0.845. The number of esters is 1. The number of hydrogen-bond donors (Lipinski definition) is 4. The molecule has 6 unspecified atom stereocenters. The van der Waals surface area contributed by atoms with E-state index in [1.54, 1.807) is 0 Å². The van der Waals surface area contributed by atoms with Gasteiger partial charge in [-0.25, -0.2) is 4.18 Å². The van der Waals surface area contributed by atoms with Crippen molar-refractivity contribution in [3.05, 3.63) is 48.6 Å². The second-order valence-corrected chi connectivity index (χ2v) is 20.9. The third-order valence-electron chi connectivity index (χ3n) is 13.2. The Balaban J connectivity index is 2.29. The Morgan fingerprint density at radius 3 is 1.42 bits per heavy atom. The van der Waals surface area contributed by atoms with Crippen molar-refractivity contribution in [1.29, 1.82) is 0 Å². The summed E-state index contributed by atoms with van der Waals surface area (Å²) < 4.78 is 59.4. The first-order chi connectivity index (χ1) is 34.6. The third kappa shape index (κ3) is 42.0. The van der Waals surface area contributed by atoms with Gasteiger partial charge in [0.2, 0.25) is 0 Å². The summed E-state index contributed by atoms with van der Waals surface area (Å²) in [6, 6.07) is 0. The molecule has 71 heavy (non-hydrogen) atoms. The van der Waals surface area contributed by atoms with Crippen molar-refractivity contribution in [2.75, 3.05) is 26.4 Å². The summed E-state index contributed by atoms with van der Waals surface area (Å²) in [5.74, 6) is -0.399. The molecular formula is C58H106O12S. The molecule has 0 bridgehead atoms. The molecule has 0 aliphatic carbocycles. The largest absolute Gasteiger partial charge is 0.457 e. The van der Waals surface area contributed by atoms with E-state index in [9.17, 15) is 33.1 Å². The van der Waals surface area contributed by atoms with Gasteiger partial charge >= 0.3 is 16.4 Å². The lowest BCUT2D eigenvalue weighted by Crippen LogP contribution is -2.60. The van der Waals surface area contributed by atoms with E-state index in [4.69, 9.17) is 18.9 Å². The van der Waals surface area contributed by atoms with Gasteiger partial charge in [-0.15, -0.1) is 0 Å². The predicted molar refractivity (Wildman–Crippen MR) is 290 cm³/mol. The van der Waals surface area contributed by atoms with Crippen LogP contribution in [0, 0.1) is 0 Å². The van der Waals surface area contributed by atoms with Crippen LogP contribution in [0.1, 0.15) is 251 Å². The number of allylic oxidation sites excluding steroid dienone is 8. The summed E-state index contributed by atoms with van der Waals surface area (Å²) in [7, 11) is -5.07. The molecule has 0 spiro atoms. The first-order valence-electron chi connectivity index (χ1n) is 28.9. The van der Waals surface area contributed by atoms with Crippen molar-refractivity contribution in [2.24, 2.45) is 0 Å². The van der Waals surface area contributed by atoms with Crippen molar-refractivity contribution < 1.29 is 56.2 Å². The van der Waals surface area contributed by atoms with Crippen molar-refractivity contribution in [2.45, 2.75) is 288 Å². The van der Waals surface area contributed by atoms with Gasteiger partial charge in [0, 0.05) is 13.0 Å². The summed E-state index contributed by atoms with van der Waals surface area (Å²) in [5.41, 5.74) is 0. The van der Waals surface area contributed by atoms with Crippen molar-refractivity contribution >= 4 is 16.4 Å². The molecule has 0 aromatic rings. The molecule has 0 radical (unpaired) electrons. The van der Waals surface area contributed by atoms with E-state index >= 15 is 0 Å². The van der Waals surface area contributed by atoms with Crippen LogP contribution in [-0.2, 0) is 38.3 Å². The van der Waals surface area contributed by atoms with E-state index < -0.39 is 59.8 Å². The van der Waals surface area contributed by atoms with Crippen LogP contribution in [0.25, 0.3) is 0 Å². The lowest BCUT2D eigenvalue weighted by molar-refractivity contribution is -0.301. The van der Waals surface area contributed by atoms with E-state index in [1.807, 2.05) is 0 Å². The highest BCUT2D eigenvalue weighted by Gasteiger charge is 2.48. The highest BCUT2D eigenvalue weighted by atomic mass is 32.3. The van der Waals surface area contributed by atoms with E-state index in [-0.39, 0.29) is 19.6 Å². The molecule has 0 saturated carbocycles. The Hall–Kier alpha value is -1.94. The van der Waals surface area contributed by atoms with Crippen LogP contribution in [0.5, 0.6) is 0 Å². The molecule has 1 saturated heterocycles. The van der Waals surface area contributed by atoms with Gasteiger partial charge in [0.25, 0.3) is 0 Å². The average molecular weight is 1030 g/mol. The van der Waals surface area contributed by atoms with Gasteiger partial charge in [-0.05, 0) is 51.4 Å². The highest BCUT2D eigenvalue weighted by Crippen LogP contribution is 2.26. The number of aliphatic hydroxyl groups is 3. The maximum Gasteiger partial charge on any atom is 0.397 e. The van der Waals surface area contributed by atoms with Crippen LogP contribution < -0.4 is 0 Å². The van der Waals surface area contributed by atoms with Gasteiger partial charge < -0.3 is 34.3 Å².